The van der Waals surface area contributed by atoms with E-state index in [4.69, 9.17) is 0 Å². The Hall–Kier alpha value is -1.84. The predicted octanol–water partition coefficient (Wildman–Crippen LogP) is 2.44. The van der Waals surface area contributed by atoms with E-state index in [9.17, 15) is 9.59 Å². The van der Waals surface area contributed by atoms with E-state index in [0.29, 0.717) is 18.9 Å². The van der Waals surface area contributed by atoms with Crippen molar-refractivity contribution in [2.24, 2.45) is 0 Å². The first-order chi connectivity index (χ1) is 10.0. The first-order valence-corrected chi connectivity index (χ1v) is 7.68. The maximum atomic E-state index is 12.4. The molecule has 1 aromatic rings. The lowest BCUT2D eigenvalue weighted by molar-refractivity contribution is -0.145. The van der Waals surface area contributed by atoms with Crippen LogP contribution in [0.15, 0.2) is 24.3 Å². The SMILES string of the molecule is CCCC1NC(=O)CN(Cc2ccc(C(C)C)cc2)C1=O. The van der Waals surface area contributed by atoms with Crippen LogP contribution in [0.3, 0.4) is 0 Å². The van der Waals surface area contributed by atoms with Crippen LogP contribution in [0.1, 0.15) is 50.7 Å². The summed E-state index contributed by atoms with van der Waals surface area (Å²) in [6, 6.07) is 7.93. The van der Waals surface area contributed by atoms with Crippen LogP contribution >= 0.6 is 0 Å². The highest BCUT2D eigenvalue weighted by Crippen LogP contribution is 2.17. The van der Waals surface area contributed by atoms with E-state index in [1.165, 1.54) is 5.56 Å². The molecule has 4 nitrogen and oxygen atoms in total. The van der Waals surface area contributed by atoms with Crippen LogP contribution in [0.25, 0.3) is 0 Å². The molecule has 0 spiro atoms. The Labute approximate surface area is 126 Å². The van der Waals surface area contributed by atoms with Crippen LogP contribution in [0.2, 0.25) is 0 Å². The van der Waals surface area contributed by atoms with Crippen LogP contribution in [0.4, 0.5) is 0 Å². The fourth-order valence-corrected chi connectivity index (χ4v) is 2.62. The van der Waals surface area contributed by atoms with E-state index in [1.54, 1.807) is 4.90 Å². The third-order valence-electron chi connectivity index (χ3n) is 3.88. The Kier molecular flexibility index (Phi) is 4.99. The van der Waals surface area contributed by atoms with E-state index in [2.05, 4.69) is 31.3 Å². The highest BCUT2D eigenvalue weighted by Gasteiger charge is 2.31. The van der Waals surface area contributed by atoms with E-state index in [1.807, 2.05) is 19.1 Å². The molecule has 114 valence electrons. The fraction of sp³-hybridized carbons (Fsp3) is 0.529. The number of nitrogens with one attached hydrogen (secondary N) is 1. The Morgan fingerprint density at radius 1 is 1.24 bits per heavy atom. The molecule has 2 amide bonds. The minimum absolute atomic E-state index is 0.0318. The summed E-state index contributed by atoms with van der Waals surface area (Å²) < 4.78 is 0. The maximum absolute atomic E-state index is 12.4. The van der Waals surface area contributed by atoms with Crippen molar-refractivity contribution in [1.82, 2.24) is 10.2 Å². The molecule has 1 heterocycles. The number of hydrogen-bond acceptors (Lipinski definition) is 2. The molecule has 1 atom stereocenters. The first-order valence-electron chi connectivity index (χ1n) is 7.68. The third-order valence-corrected chi connectivity index (χ3v) is 3.88. The minimum Gasteiger partial charge on any atom is -0.343 e. The molecule has 0 bridgehead atoms. The molecule has 1 aliphatic heterocycles. The molecule has 0 aliphatic carbocycles. The van der Waals surface area contributed by atoms with Gasteiger partial charge in [-0.15, -0.1) is 0 Å². The lowest BCUT2D eigenvalue weighted by atomic mass is 10.0. The van der Waals surface area contributed by atoms with E-state index in [0.717, 1.165) is 12.0 Å². The van der Waals surface area contributed by atoms with Gasteiger partial charge < -0.3 is 10.2 Å². The summed E-state index contributed by atoms with van der Waals surface area (Å²) in [7, 11) is 0. The molecule has 1 fully saturated rings. The highest BCUT2D eigenvalue weighted by atomic mass is 16.2. The van der Waals surface area contributed by atoms with Gasteiger partial charge in [0.1, 0.15) is 6.04 Å². The molecular formula is C17H24N2O2. The highest BCUT2D eigenvalue weighted by molar-refractivity contribution is 5.94. The average Bonchev–Trinajstić information content (AvgIpc) is 2.44. The summed E-state index contributed by atoms with van der Waals surface area (Å²) in [4.78, 5) is 25.7. The number of carbonyl (C=O) groups excluding carboxylic acids is 2. The van der Waals surface area contributed by atoms with Gasteiger partial charge in [0.15, 0.2) is 0 Å². The number of piperazine rings is 1. The van der Waals surface area contributed by atoms with Gasteiger partial charge in [-0.3, -0.25) is 9.59 Å². The Bertz CT molecular complexity index is 508. The number of hydrogen-bond donors (Lipinski definition) is 1. The first kappa shape index (κ1) is 15.5. The lowest BCUT2D eigenvalue weighted by Crippen LogP contribution is -2.57. The van der Waals surface area contributed by atoms with Crippen molar-refractivity contribution in [3.63, 3.8) is 0 Å². The summed E-state index contributed by atoms with van der Waals surface area (Å²) in [5.41, 5.74) is 2.35. The van der Waals surface area contributed by atoms with Crippen molar-refractivity contribution in [2.45, 2.75) is 52.1 Å². The molecular weight excluding hydrogens is 264 g/mol. The van der Waals surface area contributed by atoms with Gasteiger partial charge in [0.05, 0.1) is 6.54 Å². The van der Waals surface area contributed by atoms with E-state index in [-0.39, 0.29) is 24.4 Å². The van der Waals surface area contributed by atoms with Crippen molar-refractivity contribution in [1.29, 1.82) is 0 Å². The molecule has 1 unspecified atom stereocenters. The number of amides is 2. The Balaban J connectivity index is 2.06. The lowest BCUT2D eigenvalue weighted by Gasteiger charge is -2.32. The smallest absolute Gasteiger partial charge is 0.245 e. The number of carbonyl (C=O) groups is 2. The second-order valence-corrected chi connectivity index (χ2v) is 6.00. The van der Waals surface area contributed by atoms with Crippen molar-refractivity contribution < 1.29 is 9.59 Å². The van der Waals surface area contributed by atoms with Gasteiger partial charge in [0, 0.05) is 6.54 Å². The molecule has 0 saturated carbocycles. The van der Waals surface area contributed by atoms with Crippen LogP contribution in [-0.4, -0.2) is 29.3 Å². The quantitative estimate of drug-likeness (QED) is 0.904. The van der Waals surface area contributed by atoms with Crippen LogP contribution in [-0.2, 0) is 16.1 Å². The molecule has 21 heavy (non-hydrogen) atoms. The van der Waals surface area contributed by atoms with Gasteiger partial charge in [-0.05, 0) is 23.5 Å². The molecule has 4 heteroatoms. The van der Waals surface area contributed by atoms with Gasteiger partial charge in [-0.25, -0.2) is 0 Å². The third kappa shape index (κ3) is 3.84. The second kappa shape index (κ2) is 6.74. The van der Waals surface area contributed by atoms with Gasteiger partial charge in [-0.2, -0.15) is 0 Å². The summed E-state index contributed by atoms with van der Waals surface area (Å²) in [5.74, 6) is 0.464. The van der Waals surface area contributed by atoms with Crippen LogP contribution in [0, 0.1) is 0 Å². The van der Waals surface area contributed by atoms with Crippen molar-refractivity contribution in [2.75, 3.05) is 6.54 Å². The maximum Gasteiger partial charge on any atom is 0.245 e. The standard InChI is InChI=1S/C17H24N2O2/c1-4-5-15-17(21)19(11-16(20)18-15)10-13-6-8-14(9-7-13)12(2)3/h6-9,12,15H,4-5,10-11H2,1-3H3,(H,18,20). The zero-order chi connectivity index (χ0) is 15.4. The fourth-order valence-electron chi connectivity index (χ4n) is 2.62. The zero-order valence-corrected chi connectivity index (χ0v) is 13.1. The molecule has 0 aromatic heterocycles. The van der Waals surface area contributed by atoms with Gasteiger partial charge >= 0.3 is 0 Å². The molecule has 1 saturated heterocycles. The average molecular weight is 288 g/mol. The van der Waals surface area contributed by atoms with Gasteiger partial charge in [0.25, 0.3) is 0 Å². The van der Waals surface area contributed by atoms with Crippen molar-refractivity contribution >= 4 is 11.8 Å². The molecule has 0 radical (unpaired) electrons. The van der Waals surface area contributed by atoms with Crippen LogP contribution < -0.4 is 5.32 Å². The topological polar surface area (TPSA) is 49.4 Å². The monoisotopic (exact) mass is 288 g/mol. The zero-order valence-electron chi connectivity index (χ0n) is 13.1. The summed E-state index contributed by atoms with van der Waals surface area (Å²) >= 11 is 0. The number of rotatable bonds is 5. The summed E-state index contributed by atoms with van der Waals surface area (Å²) in [6.45, 7) is 6.99. The van der Waals surface area contributed by atoms with Gasteiger partial charge in [-0.1, -0.05) is 51.5 Å². The predicted molar refractivity (Wildman–Crippen MR) is 82.8 cm³/mol. The molecule has 2 rings (SSSR count). The summed E-state index contributed by atoms with van der Waals surface area (Å²) in [5, 5.41) is 2.78. The van der Waals surface area contributed by atoms with E-state index < -0.39 is 0 Å². The normalized spacial score (nSPS) is 19.0. The Morgan fingerprint density at radius 2 is 1.90 bits per heavy atom. The summed E-state index contributed by atoms with van der Waals surface area (Å²) in [6.07, 6.45) is 1.58. The number of benzene rings is 1. The van der Waals surface area contributed by atoms with Gasteiger partial charge in [0.2, 0.25) is 11.8 Å². The molecule has 1 aromatic carbocycles. The minimum atomic E-state index is -0.355. The van der Waals surface area contributed by atoms with Crippen molar-refractivity contribution in [3.05, 3.63) is 35.4 Å². The van der Waals surface area contributed by atoms with Crippen LogP contribution in [0.5, 0.6) is 0 Å². The number of nitrogens with zero attached hydrogens (tertiary/aromatic N) is 1. The van der Waals surface area contributed by atoms with Crippen molar-refractivity contribution in [3.8, 4) is 0 Å². The molecule has 1 aliphatic rings. The van der Waals surface area contributed by atoms with E-state index >= 15 is 0 Å². The Morgan fingerprint density at radius 3 is 2.48 bits per heavy atom. The second-order valence-electron chi connectivity index (χ2n) is 6.00. The molecule has 1 N–H and O–H groups in total. The largest absolute Gasteiger partial charge is 0.343 e.